The largest absolute Gasteiger partial charge is 0.383 e. The number of methoxy groups -OCH3 is 1. The van der Waals surface area contributed by atoms with Crippen LogP contribution in [0.1, 0.15) is 20.3 Å². The molecule has 0 saturated heterocycles. The number of hydrogen-bond acceptors (Lipinski definition) is 4. The number of hydrogen-bond donors (Lipinski definition) is 0. The van der Waals surface area contributed by atoms with Gasteiger partial charge in [-0.2, -0.15) is 9.57 Å². The molecule has 0 bridgehead atoms. The lowest BCUT2D eigenvalue weighted by Crippen LogP contribution is -2.42. The molecule has 15 heavy (non-hydrogen) atoms. The molecule has 0 amide bonds. The highest BCUT2D eigenvalue weighted by molar-refractivity contribution is 7.90. The van der Waals surface area contributed by atoms with Crippen LogP contribution in [-0.2, 0) is 14.8 Å². The summed E-state index contributed by atoms with van der Waals surface area (Å²) in [5, 5.41) is 7.76. The van der Waals surface area contributed by atoms with E-state index in [0.29, 0.717) is 13.0 Å². The summed E-state index contributed by atoms with van der Waals surface area (Å²) in [5.74, 6) is 0. The van der Waals surface area contributed by atoms with Crippen LogP contribution in [0.2, 0.25) is 0 Å². The Morgan fingerprint density at radius 1 is 1.53 bits per heavy atom. The molecule has 2 atom stereocenters. The van der Waals surface area contributed by atoms with Gasteiger partial charge in [0.25, 0.3) is 0 Å². The van der Waals surface area contributed by atoms with Gasteiger partial charge in [0.15, 0.2) is 5.25 Å². The summed E-state index contributed by atoms with van der Waals surface area (Å²) in [7, 11) is -0.547. The molecule has 88 valence electrons. The Balaban J connectivity index is 4.81. The average Bonchev–Trinajstić information content (AvgIpc) is 2.18. The molecule has 0 radical (unpaired) electrons. The minimum Gasteiger partial charge on any atom is -0.383 e. The predicted octanol–water partition coefficient (Wildman–Crippen LogP) is 0.585. The van der Waals surface area contributed by atoms with Crippen molar-refractivity contribution in [2.24, 2.45) is 0 Å². The first-order chi connectivity index (χ1) is 6.91. The van der Waals surface area contributed by atoms with Crippen molar-refractivity contribution in [2.75, 3.05) is 20.8 Å². The van der Waals surface area contributed by atoms with E-state index in [9.17, 15) is 8.42 Å². The fraction of sp³-hybridized carbons (Fsp3) is 0.889. The molecule has 5 nitrogen and oxygen atoms in total. The minimum atomic E-state index is -3.53. The maximum atomic E-state index is 11.9. The first kappa shape index (κ1) is 14.4. The monoisotopic (exact) mass is 234 g/mol. The molecule has 0 aromatic rings. The van der Waals surface area contributed by atoms with Crippen LogP contribution in [0.25, 0.3) is 0 Å². The van der Waals surface area contributed by atoms with E-state index < -0.39 is 15.3 Å². The summed E-state index contributed by atoms with van der Waals surface area (Å²) < 4.78 is 29.8. The van der Waals surface area contributed by atoms with Gasteiger partial charge in [0.2, 0.25) is 10.0 Å². The molecule has 0 aliphatic rings. The fourth-order valence-corrected chi connectivity index (χ4v) is 2.68. The van der Waals surface area contributed by atoms with E-state index in [2.05, 4.69) is 0 Å². The second-order valence-electron chi connectivity index (χ2n) is 3.39. The lowest BCUT2D eigenvalue weighted by molar-refractivity contribution is 0.149. The van der Waals surface area contributed by atoms with Crippen LogP contribution < -0.4 is 0 Å². The maximum absolute atomic E-state index is 11.9. The third-order valence-electron chi connectivity index (χ3n) is 2.30. The Hall–Kier alpha value is -0.640. The van der Waals surface area contributed by atoms with E-state index in [-0.39, 0.29) is 6.04 Å². The molecule has 0 aromatic carbocycles. The van der Waals surface area contributed by atoms with E-state index in [1.807, 2.05) is 0 Å². The normalized spacial score (nSPS) is 16.0. The molecular formula is C9H18N2O3S. The van der Waals surface area contributed by atoms with E-state index in [4.69, 9.17) is 10.00 Å². The molecule has 0 spiro atoms. The number of nitrogens with zero attached hydrogens (tertiary/aromatic N) is 2. The number of likely N-dealkylation sites (N-methyl/N-ethyl adjacent to an activating group) is 1. The third-order valence-corrected chi connectivity index (χ3v) is 4.62. The van der Waals surface area contributed by atoms with Crippen LogP contribution >= 0.6 is 0 Å². The van der Waals surface area contributed by atoms with Crippen LogP contribution in [-0.4, -0.2) is 44.8 Å². The molecular weight excluding hydrogens is 216 g/mol. The summed E-state index contributed by atoms with van der Waals surface area (Å²) in [6, 6.07) is 1.54. The van der Waals surface area contributed by atoms with Gasteiger partial charge in [0, 0.05) is 20.2 Å². The van der Waals surface area contributed by atoms with E-state index >= 15 is 0 Å². The summed E-state index contributed by atoms with van der Waals surface area (Å²) in [6.07, 6.45) is 0.295. The molecule has 0 saturated carbocycles. The van der Waals surface area contributed by atoms with Crippen LogP contribution in [0.3, 0.4) is 0 Å². The molecule has 0 aliphatic carbocycles. The quantitative estimate of drug-likeness (QED) is 0.674. The lowest BCUT2D eigenvalue weighted by atomic mass is 10.4. The third kappa shape index (κ3) is 3.45. The van der Waals surface area contributed by atoms with Gasteiger partial charge in [0.05, 0.1) is 12.7 Å². The van der Waals surface area contributed by atoms with Crippen LogP contribution in [0.4, 0.5) is 0 Å². The van der Waals surface area contributed by atoms with Gasteiger partial charge in [-0.1, -0.05) is 6.92 Å². The fourth-order valence-electron chi connectivity index (χ4n) is 1.17. The standard InChI is InChI=1S/C9H18N2O3S/c1-5-9(6-10)15(12,13)11(3)8(2)7-14-4/h8-9H,5,7H2,1-4H3. The first-order valence-corrected chi connectivity index (χ1v) is 6.27. The molecule has 0 fully saturated rings. The predicted molar refractivity (Wildman–Crippen MR) is 57.7 cm³/mol. The molecule has 0 aliphatic heterocycles. The molecule has 0 N–H and O–H groups in total. The number of nitriles is 1. The Morgan fingerprint density at radius 2 is 2.07 bits per heavy atom. The number of rotatable bonds is 6. The van der Waals surface area contributed by atoms with Crippen molar-refractivity contribution >= 4 is 10.0 Å². The van der Waals surface area contributed by atoms with Crippen molar-refractivity contribution in [2.45, 2.75) is 31.6 Å². The van der Waals surface area contributed by atoms with Crippen LogP contribution in [0, 0.1) is 11.3 Å². The Kier molecular flexibility index (Phi) is 5.80. The van der Waals surface area contributed by atoms with Gasteiger partial charge in [-0.25, -0.2) is 8.42 Å². The Bertz CT molecular complexity index is 321. The van der Waals surface area contributed by atoms with Gasteiger partial charge < -0.3 is 4.74 Å². The maximum Gasteiger partial charge on any atom is 0.230 e. The minimum absolute atomic E-state index is 0.262. The topological polar surface area (TPSA) is 70.4 Å². The van der Waals surface area contributed by atoms with Gasteiger partial charge in [-0.15, -0.1) is 0 Å². The van der Waals surface area contributed by atoms with Gasteiger partial charge >= 0.3 is 0 Å². The molecule has 0 rings (SSSR count). The second kappa shape index (κ2) is 6.05. The summed E-state index contributed by atoms with van der Waals surface area (Å²) >= 11 is 0. The van der Waals surface area contributed by atoms with E-state index in [1.165, 1.54) is 18.5 Å². The van der Waals surface area contributed by atoms with Gasteiger partial charge in [-0.05, 0) is 13.3 Å². The molecule has 0 heterocycles. The Morgan fingerprint density at radius 3 is 2.40 bits per heavy atom. The number of sulfonamides is 1. The van der Waals surface area contributed by atoms with Crippen LogP contribution in [0.15, 0.2) is 0 Å². The zero-order chi connectivity index (χ0) is 12.1. The highest BCUT2D eigenvalue weighted by Gasteiger charge is 2.31. The van der Waals surface area contributed by atoms with Gasteiger partial charge in [-0.3, -0.25) is 0 Å². The van der Waals surface area contributed by atoms with E-state index in [0.717, 1.165) is 0 Å². The van der Waals surface area contributed by atoms with Crippen molar-refractivity contribution in [3.05, 3.63) is 0 Å². The molecule has 0 aromatic heterocycles. The van der Waals surface area contributed by atoms with Crippen molar-refractivity contribution in [1.82, 2.24) is 4.31 Å². The summed E-state index contributed by atoms with van der Waals surface area (Å²) in [4.78, 5) is 0. The smallest absolute Gasteiger partial charge is 0.230 e. The highest BCUT2D eigenvalue weighted by atomic mass is 32.2. The van der Waals surface area contributed by atoms with Crippen molar-refractivity contribution in [1.29, 1.82) is 5.26 Å². The first-order valence-electron chi connectivity index (χ1n) is 4.77. The molecule has 6 heteroatoms. The Labute approximate surface area is 91.7 Å². The second-order valence-corrected chi connectivity index (χ2v) is 5.57. The van der Waals surface area contributed by atoms with E-state index in [1.54, 1.807) is 19.9 Å². The van der Waals surface area contributed by atoms with Gasteiger partial charge in [0.1, 0.15) is 0 Å². The zero-order valence-electron chi connectivity index (χ0n) is 9.60. The average molecular weight is 234 g/mol. The highest BCUT2D eigenvalue weighted by Crippen LogP contribution is 2.13. The SMILES string of the molecule is CCC(C#N)S(=O)(=O)N(C)C(C)COC. The number of ether oxygens (including phenoxy) is 1. The van der Waals surface area contributed by atoms with Crippen molar-refractivity contribution < 1.29 is 13.2 Å². The zero-order valence-corrected chi connectivity index (χ0v) is 10.4. The van der Waals surface area contributed by atoms with Crippen molar-refractivity contribution in [3.63, 3.8) is 0 Å². The summed E-state index contributed by atoms with van der Waals surface area (Å²) in [5.41, 5.74) is 0. The summed E-state index contributed by atoms with van der Waals surface area (Å²) in [6.45, 7) is 3.74. The van der Waals surface area contributed by atoms with Crippen LogP contribution in [0.5, 0.6) is 0 Å². The lowest BCUT2D eigenvalue weighted by Gasteiger charge is -2.25. The molecule has 2 unspecified atom stereocenters. The van der Waals surface area contributed by atoms with Crippen molar-refractivity contribution in [3.8, 4) is 6.07 Å².